The largest absolute Gasteiger partial charge is 0.457 e. The molecule has 0 aromatic heterocycles. The van der Waals surface area contributed by atoms with Crippen molar-refractivity contribution < 1.29 is 9.53 Å². The van der Waals surface area contributed by atoms with Crippen LogP contribution >= 0.6 is 11.6 Å². The first kappa shape index (κ1) is 13.6. The van der Waals surface area contributed by atoms with E-state index in [1.54, 1.807) is 18.2 Å². The van der Waals surface area contributed by atoms with Crippen LogP contribution < -0.4 is 4.74 Å². The van der Waals surface area contributed by atoms with Crippen LogP contribution in [0.25, 0.3) is 0 Å². The van der Waals surface area contributed by atoms with Gasteiger partial charge in [-0.3, -0.25) is 4.79 Å². The lowest BCUT2D eigenvalue weighted by molar-refractivity contribution is 0.112. The van der Waals surface area contributed by atoms with E-state index in [1.807, 2.05) is 24.3 Å². The van der Waals surface area contributed by atoms with Crippen LogP contribution in [0.3, 0.4) is 0 Å². The van der Waals surface area contributed by atoms with Gasteiger partial charge in [0.05, 0.1) is 5.56 Å². The number of ether oxygens (including phenoxy) is 1. The highest BCUT2D eigenvalue weighted by atomic mass is 35.5. The summed E-state index contributed by atoms with van der Waals surface area (Å²) in [6.45, 7) is 2.15. The van der Waals surface area contributed by atoms with Gasteiger partial charge < -0.3 is 4.74 Å². The number of halogens is 1. The Labute approximate surface area is 118 Å². The van der Waals surface area contributed by atoms with Crippen LogP contribution in [-0.2, 0) is 6.42 Å². The second-order valence-corrected chi connectivity index (χ2v) is 4.73. The summed E-state index contributed by atoms with van der Waals surface area (Å²) < 4.78 is 5.70. The van der Waals surface area contributed by atoms with Gasteiger partial charge in [0.15, 0.2) is 6.29 Å². The van der Waals surface area contributed by atoms with Crippen LogP contribution in [0.4, 0.5) is 0 Å². The Morgan fingerprint density at radius 2 is 1.89 bits per heavy atom. The summed E-state index contributed by atoms with van der Waals surface area (Å²) in [6, 6.07) is 12.8. The molecule has 0 N–H and O–H groups in total. The third kappa shape index (κ3) is 3.58. The molecular formula is C16H15ClO2. The third-order valence-electron chi connectivity index (χ3n) is 2.79. The molecule has 3 heteroatoms. The summed E-state index contributed by atoms with van der Waals surface area (Å²) in [5, 5.41) is 0.545. The summed E-state index contributed by atoms with van der Waals surface area (Å²) in [6.07, 6.45) is 2.93. The van der Waals surface area contributed by atoms with E-state index in [1.165, 1.54) is 5.56 Å². The van der Waals surface area contributed by atoms with Crippen molar-refractivity contribution in [3.05, 3.63) is 58.6 Å². The van der Waals surface area contributed by atoms with Crippen molar-refractivity contribution in [1.29, 1.82) is 0 Å². The van der Waals surface area contributed by atoms with Crippen molar-refractivity contribution in [3.8, 4) is 11.5 Å². The van der Waals surface area contributed by atoms with Crippen LogP contribution in [0, 0.1) is 0 Å². The average molecular weight is 275 g/mol. The van der Waals surface area contributed by atoms with Gasteiger partial charge in [0, 0.05) is 11.1 Å². The van der Waals surface area contributed by atoms with E-state index >= 15 is 0 Å². The van der Waals surface area contributed by atoms with Gasteiger partial charge >= 0.3 is 0 Å². The highest BCUT2D eigenvalue weighted by Gasteiger charge is 2.05. The molecule has 0 radical (unpaired) electrons. The van der Waals surface area contributed by atoms with E-state index in [-0.39, 0.29) is 0 Å². The molecule has 0 saturated carbocycles. The zero-order valence-corrected chi connectivity index (χ0v) is 11.5. The number of aldehydes is 1. The molecule has 2 aromatic rings. The van der Waals surface area contributed by atoms with Gasteiger partial charge in [0.1, 0.15) is 11.5 Å². The highest BCUT2D eigenvalue weighted by molar-refractivity contribution is 6.30. The number of aryl methyl sites for hydroxylation is 1. The second kappa shape index (κ2) is 6.39. The molecule has 19 heavy (non-hydrogen) atoms. The summed E-state index contributed by atoms with van der Waals surface area (Å²) in [5.74, 6) is 1.18. The first-order valence-corrected chi connectivity index (χ1v) is 6.62. The number of hydrogen-bond acceptors (Lipinski definition) is 2. The Balaban J connectivity index is 2.20. The molecule has 2 aromatic carbocycles. The zero-order chi connectivity index (χ0) is 13.7. The van der Waals surface area contributed by atoms with E-state index in [9.17, 15) is 4.79 Å². The van der Waals surface area contributed by atoms with Gasteiger partial charge in [0.25, 0.3) is 0 Å². The molecule has 0 atom stereocenters. The van der Waals surface area contributed by atoms with Gasteiger partial charge in [-0.25, -0.2) is 0 Å². The van der Waals surface area contributed by atoms with Gasteiger partial charge in [-0.15, -0.1) is 0 Å². The molecule has 0 heterocycles. The minimum atomic E-state index is 0.478. The second-order valence-electron chi connectivity index (χ2n) is 4.30. The molecule has 0 unspecified atom stereocenters. The van der Waals surface area contributed by atoms with Crippen LogP contribution in [0.1, 0.15) is 29.3 Å². The minimum absolute atomic E-state index is 0.478. The topological polar surface area (TPSA) is 26.3 Å². The van der Waals surface area contributed by atoms with E-state index in [2.05, 4.69) is 6.92 Å². The molecule has 2 nitrogen and oxygen atoms in total. The maximum absolute atomic E-state index is 10.9. The number of benzene rings is 2. The van der Waals surface area contributed by atoms with Crippen molar-refractivity contribution in [2.24, 2.45) is 0 Å². The lowest BCUT2D eigenvalue weighted by Crippen LogP contribution is -1.91. The molecular weight excluding hydrogens is 260 g/mol. The number of hydrogen-bond donors (Lipinski definition) is 0. The standard InChI is InChI=1S/C16H15ClO2/c1-2-3-12-4-8-15(9-5-12)19-16-10-14(17)7-6-13(16)11-18/h4-11H,2-3H2,1H3. The van der Waals surface area contributed by atoms with Crippen LogP contribution in [0.15, 0.2) is 42.5 Å². The van der Waals surface area contributed by atoms with Crippen molar-refractivity contribution in [2.45, 2.75) is 19.8 Å². The molecule has 0 aliphatic rings. The third-order valence-corrected chi connectivity index (χ3v) is 3.03. The van der Waals surface area contributed by atoms with Crippen LogP contribution in [0.5, 0.6) is 11.5 Å². The first-order valence-electron chi connectivity index (χ1n) is 6.24. The molecule has 0 aliphatic carbocycles. The quantitative estimate of drug-likeness (QED) is 0.725. The molecule has 0 amide bonds. The average Bonchev–Trinajstić information content (AvgIpc) is 2.42. The minimum Gasteiger partial charge on any atom is -0.457 e. The zero-order valence-electron chi connectivity index (χ0n) is 10.7. The van der Waals surface area contributed by atoms with Crippen molar-refractivity contribution in [1.82, 2.24) is 0 Å². The fourth-order valence-corrected chi connectivity index (χ4v) is 2.00. The van der Waals surface area contributed by atoms with E-state index in [4.69, 9.17) is 16.3 Å². The van der Waals surface area contributed by atoms with Crippen LogP contribution in [0.2, 0.25) is 5.02 Å². The molecule has 0 fully saturated rings. The number of carbonyl (C=O) groups is 1. The van der Waals surface area contributed by atoms with Crippen molar-refractivity contribution >= 4 is 17.9 Å². The summed E-state index contributed by atoms with van der Waals surface area (Å²) >= 11 is 5.91. The lowest BCUT2D eigenvalue weighted by atomic mass is 10.1. The highest BCUT2D eigenvalue weighted by Crippen LogP contribution is 2.27. The van der Waals surface area contributed by atoms with Crippen LogP contribution in [-0.4, -0.2) is 6.29 Å². The molecule has 0 aliphatic heterocycles. The SMILES string of the molecule is CCCc1ccc(Oc2cc(Cl)ccc2C=O)cc1. The van der Waals surface area contributed by atoms with Crippen molar-refractivity contribution in [2.75, 3.05) is 0 Å². The molecule has 0 saturated heterocycles. The fourth-order valence-electron chi connectivity index (χ4n) is 1.83. The molecule has 0 spiro atoms. The predicted molar refractivity (Wildman–Crippen MR) is 77.4 cm³/mol. The van der Waals surface area contributed by atoms with Gasteiger partial charge in [-0.05, 0) is 36.2 Å². The lowest BCUT2D eigenvalue weighted by Gasteiger charge is -2.09. The summed E-state index contributed by atoms with van der Waals surface area (Å²) in [7, 11) is 0. The predicted octanol–water partition coefficient (Wildman–Crippen LogP) is 4.90. The molecule has 98 valence electrons. The Hall–Kier alpha value is -1.80. The van der Waals surface area contributed by atoms with E-state index < -0.39 is 0 Å². The van der Waals surface area contributed by atoms with Crippen molar-refractivity contribution in [3.63, 3.8) is 0 Å². The Morgan fingerprint density at radius 3 is 2.53 bits per heavy atom. The number of rotatable bonds is 5. The van der Waals surface area contributed by atoms with E-state index in [0.29, 0.717) is 22.1 Å². The summed E-state index contributed by atoms with van der Waals surface area (Å²) in [5.41, 5.74) is 1.76. The van der Waals surface area contributed by atoms with Gasteiger partial charge in [-0.2, -0.15) is 0 Å². The Bertz CT molecular complexity index is 561. The van der Waals surface area contributed by atoms with Gasteiger partial charge in [-0.1, -0.05) is 37.1 Å². The fraction of sp³-hybridized carbons (Fsp3) is 0.188. The molecule has 0 bridgehead atoms. The Morgan fingerprint density at radius 1 is 1.16 bits per heavy atom. The molecule has 2 rings (SSSR count). The normalized spacial score (nSPS) is 10.2. The van der Waals surface area contributed by atoms with E-state index in [0.717, 1.165) is 19.1 Å². The maximum Gasteiger partial charge on any atom is 0.153 e. The van der Waals surface area contributed by atoms with Gasteiger partial charge in [0.2, 0.25) is 0 Å². The monoisotopic (exact) mass is 274 g/mol. The maximum atomic E-state index is 10.9. The smallest absolute Gasteiger partial charge is 0.153 e. The Kier molecular flexibility index (Phi) is 4.58. The number of carbonyl (C=O) groups excluding carboxylic acids is 1. The first-order chi connectivity index (χ1) is 9.22. The summed E-state index contributed by atoms with van der Waals surface area (Å²) in [4.78, 5) is 10.9.